The van der Waals surface area contributed by atoms with E-state index in [0.29, 0.717) is 19.3 Å². The molecule has 2 aromatic heterocycles. The number of aromatic amines is 1. The van der Waals surface area contributed by atoms with Gasteiger partial charge in [-0.25, -0.2) is 4.99 Å². The number of hydrogen-bond donors (Lipinski definition) is 1. The summed E-state index contributed by atoms with van der Waals surface area (Å²) in [6.07, 6.45) is 6.57. The maximum absolute atomic E-state index is 6.12. The lowest BCUT2D eigenvalue weighted by Crippen LogP contribution is -2.46. The van der Waals surface area contributed by atoms with E-state index >= 15 is 0 Å². The first-order valence-electron chi connectivity index (χ1n) is 10.4. The van der Waals surface area contributed by atoms with Crippen molar-refractivity contribution in [3.8, 4) is 5.82 Å². The molecule has 2 saturated heterocycles. The van der Waals surface area contributed by atoms with E-state index in [9.17, 15) is 0 Å². The molecule has 2 fully saturated rings. The highest BCUT2D eigenvalue weighted by Crippen LogP contribution is 2.26. The zero-order valence-corrected chi connectivity index (χ0v) is 17.2. The molecule has 2 atom stereocenters. The molecule has 0 bridgehead atoms. The van der Waals surface area contributed by atoms with Crippen LogP contribution in [0, 0.1) is 0 Å². The summed E-state index contributed by atoms with van der Waals surface area (Å²) in [6, 6.07) is 2.18. The van der Waals surface area contributed by atoms with E-state index in [1.165, 1.54) is 0 Å². The molecule has 2 aromatic rings. The van der Waals surface area contributed by atoms with Crippen LogP contribution in [0.3, 0.4) is 0 Å². The first-order chi connectivity index (χ1) is 14.3. The molecular formula is C20H30N6O3. The molecular weight excluding hydrogens is 372 g/mol. The van der Waals surface area contributed by atoms with Gasteiger partial charge in [-0.3, -0.25) is 5.10 Å². The number of aliphatic imine (C=N–C) groups is 1. The normalized spacial score (nSPS) is 23.5. The van der Waals surface area contributed by atoms with Gasteiger partial charge in [0.2, 0.25) is 0 Å². The Labute approximate surface area is 171 Å². The second kappa shape index (κ2) is 9.51. The molecule has 0 saturated carbocycles. The minimum absolute atomic E-state index is 0.126. The summed E-state index contributed by atoms with van der Waals surface area (Å²) in [7, 11) is 0. The number of rotatable bonds is 6. The van der Waals surface area contributed by atoms with Crippen LogP contribution in [0.5, 0.6) is 0 Å². The second-order valence-electron chi connectivity index (χ2n) is 7.50. The van der Waals surface area contributed by atoms with Gasteiger partial charge in [0.1, 0.15) is 5.84 Å². The van der Waals surface area contributed by atoms with E-state index in [0.717, 1.165) is 68.7 Å². The lowest BCUT2D eigenvalue weighted by Gasteiger charge is -2.35. The van der Waals surface area contributed by atoms with Crippen LogP contribution < -0.4 is 0 Å². The molecule has 0 radical (unpaired) electrons. The Bertz CT molecular complexity index is 797. The van der Waals surface area contributed by atoms with Crippen LogP contribution >= 0.6 is 0 Å². The van der Waals surface area contributed by atoms with Gasteiger partial charge in [-0.2, -0.15) is 14.9 Å². The molecule has 9 nitrogen and oxygen atoms in total. The standard InChI is InChI=1S/C20H30N6O3/c1-3-18(25-8-10-28-12-15(25)2)23-20-16(13-29-17-5-4-9-27-14-17)11-22-26(20)19-6-7-21-24-19/h6-7,11,15,17H,3-5,8-10,12-14H2,1-2H3,(H,21,24)/b23-18+/t15?,17-/m0/s1. The topological polar surface area (TPSA) is 89.8 Å². The molecule has 4 rings (SSSR count). The molecule has 9 heteroatoms. The molecule has 2 aliphatic heterocycles. The molecule has 4 heterocycles. The molecule has 2 aliphatic rings. The van der Waals surface area contributed by atoms with E-state index in [2.05, 4.69) is 34.0 Å². The number of nitrogens with zero attached hydrogens (tertiary/aromatic N) is 5. The van der Waals surface area contributed by atoms with Crippen LogP contribution in [-0.4, -0.2) is 75.8 Å². The van der Waals surface area contributed by atoms with Gasteiger partial charge in [-0.15, -0.1) is 0 Å². The predicted molar refractivity (Wildman–Crippen MR) is 109 cm³/mol. The monoisotopic (exact) mass is 402 g/mol. The van der Waals surface area contributed by atoms with Crippen LogP contribution in [0.1, 0.15) is 38.7 Å². The van der Waals surface area contributed by atoms with Crippen molar-refractivity contribution in [2.45, 2.75) is 51.9 Å². The van der Waals surface area contributed by atoms with E-state index in [1.54, 1.807) is 10.9 Å². The highest BCUT2D eigenvalue weighted by atomic mass is 16.5. The van der Waals surface area contributed by atoms with Crippen molar-refractivity contribution in [3.05, 3.63) is 24.0 Å². The molecule has 29 heavy (non-hydrogen) atoms. The SMILES string of the molecule is CC/C(=N\c1c(CO[C@H]2CCCOC2)cnn1-c1ccn[nH]1)N1CCOCC1C. The summed E-state index contributed by atoms with van der Waals surface area (Å²) in [6.45, 7) is 8.52. The van der Waals surface area contributed by atoms with Gasteiger partial charge >= 0.3 is 0 Å². The van der Waals surface area contributed by atoms with Crippen LogP contribution in [0.25, 0.3) is 5.82 Å². The van der Waals surface area contributed by atoms with Crippen molar-refractivity contribution in [3.63, 3.8) is 0 Å². The zero-order valence-electron chi connectivity index (χ0n) is 17.2. The maximum Gasteiger partial charge on any atom is 0.164 e. The fourth-order valence-electron chi connectivity index (χ4n) is 3.77. The summed E-state index contributed by atoms with van der Waals surface area (Å²) in [5, 5.41) is 11.6. The summed E-state index contributed by atoms with van der Waals surface area (Å²) >= 11 is 0. The lowest BCUT2D eigenvalue weighted by atomic mass is 10.2. The van der Waals surface area contributed by atoms with E-state index < -0.39 is 0 Å². The van der Waals surface area contributed by atoms with Gasteiger partial charge in [0.05, 0.1) is 51.0 Å². The summed E-state index contributed by atoms with van der Waals surface area (Å²) in [5.74, 6) is 2.59. The van der Waals surface area contributed by atoms with Gasteiger partial charge in [0, 0.05) is 31.2 Å². The van der Waals surface area contributed by atoms with E-state index in [4.69, 9.17) is 19.2 Å². The summed E-state index contributed by atoms with van der Waals surface area (Å²) in [5.41, 5.74) is 0.956. The molecule has 0 aliphatic carbocycles. The Morgan fingerprint density at radius 2 is 2.24 bits per heavy atom. The molecule has 1 unspecified atom stereocenters. The Hall–Kier alpha value is -2.23. The number of amidine groups is 1. The van der Waals surface area contributed by atoms with Gasteiger partial charge in [-0.05, 0) is 19.8 Å². The number of morpholine rings is 1. The van der Waals surface area contributed by atoms with Crippen molar-refractivity contribution >= 4 is 11.7 Å². The van der Waals surface area contributed by atoms with Crippen molar-refractivity contribution < 1.29 is 14.2 Å². The van der Waals surface area contributed by atoms with Crippen molar-refractivity contribution in [1.82, 2.24) is 24.9 Å². The first-order valence-corrected chi connectivity index (χ1v) is 10.4. The van der Waals surface area contributed by atoms with Crippen LogP contribution in [0.15, 0.2) is 23.5 Å². The Kier molecular flexibility index (Phi) is 6.58. The third-order valence-electron chi connectivity index (χ3n) is 5.37. The van der Waals surface area contributed by atoms with Crippen LogP contribution in [0.4, 0.5) is 5.82 Å². The Morgan fingerprint density at radius 3 is 2.97 bits per heavy atom. The molecule has 1 N–H and O–H groups in total. The van der Waals surface area contributed by atoms with Crippen molar-refractivity contribution in [1.29, 1.82) is 0 Å². The third-order valence-corrected chi connectivity index (χ3v) is 5.37. The lowest BCUT2D eigenvalue weighted by molar-refractivity contribution is -0.0567. The Morgan fingerprint density at radius 1 is 1.34 bits per heavy atom. The number of nitrogens with one attached hydrogen (secondary N) is 1. The highest BCUT2D eigenvalue weighted by Gasteiger charge is 2.23. The molecule has 0 aromatic carbocycles. The van der Waals surface area contributed by atoms with Crippen molar-refractivity contribution in [2.24, 2.45) is 4.99 Å². The molecule has 0 spiro atoms. The summed E-state index contributed by atoms with van der Waals surface area (Å²) < 4.78 is 19.0. The van der Waals surface area contributed by atoms with Gasteiger partial charge in [0.25, 0.3) is 0 Å². The number of H-pyrrole nitrogens is 1. The van der Waals surface area contributed by atoms with Gasteiger partial charge in [-0.1, -0.05) is 6.92 Å². The number of ether oxygens (including phenoxy) is 3. The zero-order chi connectivity index (χ0) is 20.1. The average Bonchev–Trinajstić information content (AvgIpc) is 3.41. The van der Waals surface area contributed by atoms with Gasteiger partial charge < -0.3 is 19.1 Å². The quantitative estimate of drug-likeness (QED) is 0.590. The smallest absolute Gasteiger partial charge is 0.164 e. The fraction of sp³-hybridized carbons (Fsp3) is 0.650. The Balaban J connectivity index is 1.62. The molecule has 0 amide bonds. The van der Waals surface area contributed by atoms with E-state index in [1.807, 2.05) is 12.3 Å². The maximum atomic E-state index is 6.12. The van der Waals surface area contributed by atoms with Crippen LogP contribution in [0.2, 0.25) is 0 Å². The predicted octanol–water partition coefficient (Wildman–Crippen LogP) is 2.45. The van der Waals surface area contributed by atoms with E-state index in [-0.39, 0.29) is 6.10 Å². The van der Waals surface area contributed by atoms with Gasteiger partial charge in [0.15, 0.2) is 11.6 Å². The van der Waals surface area contributed by atoms with Crippen LogP contribution in [-0.2, 0) is 20.8 Å². The third kappa shape index (κ3) is 4.68. The average molecular weight is 402 g/mol. The second-order valence-corrected chi connectivity index (χ2v) is 7.50. The number of hydrogen-bond acceptors (Lipinski definition) is 6. The fourth-order valence-corrected chi connectivity index (χ4v) is 3.77. The largest absolute Gasteiger partial charge is 0.379 e. The summed E-state index contributed by atoms with van der Waals surface area (Å²) in [4.78, 5) is 7.39. The minimum Gasteiger partial charge on any atom is -0.379 e. The molecule has 158 valence electrons. The van der Waals surface area contributed by atoms with Crippen molar-refractivity contribution in [2.75, 3.05) is 33.0 Å². The minimum atomic E-state index is 0.126. The first kappa shape index (κ1) is 20.1. The highest BCUT2D eigenvalue weighted by molar-refractivity contribution is 5.85. The number of aromatic nitrogens is 4.